The zero-order valence-corrected chi connectivity index (χ0v) is 12.9. The highest BCUT2D eigenvalue weighted by Crippen LogP contribution is 2.20. The zero-order valence-electron chi connectivity index (χ0n) is 12.9. The Bertz CT molecular complexity index is 543. The van der Waals surface area contributed by atoms with Gasteiger partial charge < -0.3 is 20.2 Å². The van der Waals surface area contributed by atoms with E-state index in [0.29, 0.717) is 5.82 Å². The summed E-state index contributed by atoms with van der Waals surface area (Å²) in [5.41, 5.74) is 0. The van der Waals surface area contributed by atoms with Gasteiger partial charge in [-0.05, 0) is 22.7 Å². The number of hydrogen-bond donors (Lipinski definition) is 1. The summed E-state index contributed by atoms with van der Waals surface area (Å²) in [7, 11) is 1.67. The Kier molecular flexibility index (Phi) is 5.48. The number of hydrogen-bond acceptors (Lipinski definition) is 5. The first-order valence-corrected chi connectivity index (χ1v) is 7.51. The average molecular weight is 310 g/mol. The topological polar surface area (TPSA) is 99.3 Å². The Morgan fingerprint density at radius 1 is 1.50 bits per heavy atom. The summed E-state index contributed by atoms with van der Waals surface area (Å²) in [4.78, 5) is 26.2. The monoisotopic (exact) mass is 310 g/mol. The van der Waals surface area contributed by atoms with Crippen LogP contribution < -0.4 is 5.32 Å². The number of nitrogens with zero attached hydrogens (tertiary/aromatic N) is 3. The fourth-order valence-corrected chi connectivity index (χ4v) is 2.87. The summed E-state index contributed by atoms with van der Waals surface area (Å²) in [6.45, 7) is 1.67. The molecule has 0 aliphatic heterocycles. The minimum atomic E-state index is -0.562. The molecule has 2 rings (SSSR count). The molecule has 1 saturated carbocycles. The van der Waals surface area contributed by atoms with Crippen molar-refractivity contribution in [1.82, 2.24) is 14.9 Å². The van der Waals surface area contributed by atoms with E-state index in [0.717, 1.165) is 32.1 Å². The van der Waals surface area contributed by atoms with Gasteiger partial charge in [0, 0.05) is 14.0 Å². The molecule has 22 heavy (non-hydrogen) atoms. The van der Waals surface area contributed by atoms with Crippen molar-refractivity contribution in [2.75, 3.05) is 7.11 Å². The van der Waals surface area contributed by atoms with E-state index in [1.165, 1.54) is 10.8 Å². The first kappa shape index (κ1) is 16.4. The van der Waals surface area contributed by atoms with Gasteiger partial charge in [0.25, 0.3) is 0 Å². The highest BCUT2D eigenvalue weighted by Gasteiger charge is 2.25. The third-order valence-electron chi connectivity index (χ3n) is 4.07. The Morgan fingerprint density at radius 2 is 2.23 bits per heavy atom. The first-order valence-electron chi connectivity index (χ1n) is 7.51. The van der Waals surface area contributed by atoms with Crippen molar-refractivity contribution >= 4 is 11.7 Å². The molecule has 0 saturated heterocycles. The quantitative estimate of drug-likeness (QED) is 0.505. The predicted octanol–water partition coefficient (Wildman–Crippen LogP) is 1.56. The number of methoxy groups -OCH3 is 1. The van der Waals surface area contributed by atoms with Crippen LogP contribution in [-0.4, -0.2) is 39.6 Å². The molecule has 0 radical (unpaired) electrons. The molecule has 1 aromatic heterocycles. The lowest BCUT2D eigenvalue weighted by Gasteiger charge is -2.25. The summed E-state index contributed by atoms with van der Waals surface area (Å²) < 4.78 is 6.96. The van der Waals surface area contributed by atoms with Crippen molar-refractivity contribution in [1.29, 1.82) is 0 Å². The fraction of sp³-hybridized carbons (Fsp3) is 0.714. The van der Waals surface area contributed by atoms with Gasteiger partial charge in [0.05, 0.1) is 12.1 Å². The molecular formula is C14H22N4O4. The van der Waals surface area contributed by atoms with Crippen molar-refractivity contribution in [3.8, 4) is 0 Å². The lowest BCUT2D eigenvalue weighted by atomic mass is 10.1. The van der Waals surface area contributed by atoms with E-state index in [-0.39, 0.29) is 30.4 Å². The van der Waals surface area contributed by atoms with Crippen molar-refractivity contribution in [2.24, 2.45) is 0 Å². The number of imidazole rings is 1. The molecule has 122 valence electrons. The molecule has 1 aliphatic carbocycles. The van der Waals surface area contributed by atoms with Crippen molar-refractivity contribution in [3.63, 3.8) is 0 Å². The molecule has 1 heterocycles. The van der Waals surface area contributed by atoms with Crippen LogP contribution in [0.25, 0.3) is 0 Å². The van der Waals surface area contributed by atoms with E-state index in [9.17, 15) is 14.9 Å². The van der Waals surface area contributed by atoms with Crippen molar-refractivity contribution in [2.45, 2.75) is 57.7 Å². The number of aromatic nitrogens is 2. The van der Waals surface area contributed by atoms with Crippen LogP contribution >= 0.6 is 0 Å². The Hall–Kier alpha value is -1.96. The summed E-state index contributed by atoms with van der Waals surface area (Å²) in [6.07, 6.45) is 6.49. The lowest BCUT2D eigenvalue weighted by Crippen LogP contribution is -2.44. The molecule has 1 amide bonds. The third-order valence-corrected chi connectivity index (χ3v) is 4.07. The highest BCUT2D eigenvalue weighted by molar-refractivity contribution is 5.76. The number of amides is 1. The van der Waals surface area contributed by atoms with Gasteiger partial charge in [-0.1, -0.05) is 19.3 Å². The SMILES string of the molecule is CO[C@@H]1CCCCC[C@@H]1NC(=O)Cn1cc([N+](=O)[O-])nc1C. The van der Waals surface area contributed by atoms with E-state index in [1.807, 2.05) is 0 Å². The predicted molar refractivity (Wildman–Crippen MR) is 79.4 cm³/mol. The molecular weight excluding hydrogens is 288 g/mol. The Balaban J connectivity index is 1.98. The van der Waals surface area contributed by atoms with Crippen LogP contribution in [0.15, 0.2) is 6.20 Å². The normalized spacial score (nSPS) is 22.1. The van der Waals surface area contributed by atoms with Gasteiger partial charge in [0.2, 0.25) is 11.7 Å². The van der Waals surface area contributed by atoms with Crippen molar-refractivity contribution in [3.05, 3.63) is 22.1 Å². The van der Waals surface area contributed by atoms with Crippen LogP contribution in [-0.2, 0) is 16.1 Å². The minimum absolute atomic E-state index is 0.00110. The molecule has 0 unspecified atom stereocenters. The summed E-state index contributed by atoms with van der Waals surface area (Å²) in [6, 6.07) is -0.00110. The van der Waals surface area contributed by atoms with Crippen LogP contribution in [0.2, 0.25) is 0 Å². The highest BCUT2D eigenvalue weighted by atomic mass is 16.6. The van der Waals surface area contributed by atoms with E-state index < -0.39 is 4.92 Å². The molecule has 0 bridgehead atoms. The number of carbonyl (C=O) groups is 1. The number of rotatable bonds is 5. The van der Waals surface area contributed by atoms with Crippen LogP contribution in [0.4, 0.5) is 5.82 Å². The minimum Gasteiger partial charge on any atom is -0.379 e. The Morgan fingerprint density at radius 3 is 2.86 bits per heavy atom. The molecule has 0 spiro atoms. The molecule has 2 atom stereocenters. The zero-order chi connectivity index (χ0) is 16.1. The van der Waals surface area contributed by atoms with Gasteiger partial charge in [-0.15, -0.1) is 0 Å². The first-order chi connectivity index (χ1) is 10.5. The molecule has 1 N–H and O–H groups in total. The van der Waals surface area contributed by atoms with Crippen LogP contribution in [0.5, 0.6) is 0 Å². The number of nitrogens with one attached hydrogen (secondary N) is 1. The molecule has 1 aliphatic rings. The van der Waals surface area contributed by atoms with Gasteiger partial charge in [-0.2, -0.15) is 0 Å². The largest absolute Gasteiger partial charge is 0.381 e. The van der Waals surface area contributed by atoms with E-state index in [1.54, 1.807) is 14.0 Å². The molecule has 8 heteroatoms. The average Bonchev–Trinajstić information content (AvgIpc) is 2.70. The van der Waals surface area contributed by atoms with E-state index in [2.05, 4.69) is 10.3 Å². The molecule has 0 aromatic carbocycles. The van der Waals surface area contributed by atoms with E-state index in [4.69, 9.17) is 4.74 Å². The molecule has 8 nitrogen and oxygen atoms in total. The second kappa shape index (κ2) is 7.35. The van der Waals surface area contributed by atoms with E-state index >= 15 is 0 Å². The van der Waals surface area contributed by atoms with Gasteiger partial charge >= 0.3 is 5.82 Å². The molecule has 1 fully saturated rings. The second-order valence-electron chi connectivity index (χ2n) is 5.62. The van der Waals surface area contributed by atoms with Gasteiger partial charge in [0.1, 0.15) is 12.7 Å². The number of carbonyl (C=O) groups excluding carboxylic acids is 1. The van der Waals surface area contributed by atoms with Crippen LogP contribution in [0.3, 0.4) is 0 Å². The lowest BCUT2D eigenvalue weighted by molar-refractivity contribution is -0.389. The maximum Gasteiger partial charge on any atom is 0.381 e. The van der Waals surface area contributed by atoms with Crippen LogP contribution in [0.1, 0.15) is 37.9 Å². The Labute approximate surface area is 129 Å². The van der Waals surface area contributed by atoms with Crippen molar-refractivity contribution < 1.29 is 14.5 Å². The standard InChI is InChI=1S/C14H22N4O4/c1-10-15-13(18(20)21)8-17(10)9-14(19)16-11-6-4-3-5-7-12(11)22-2/h8,11-12H,3-7,9H2,1-2H3,(H,16,19)/t11-,12+/m0/s1. The number of aryl methyl sites for hydroxylation is 1. The van der Waals surface area contributed by atoms with Gasteiger partial charge in [-0.3, -0.25) is 9.36 Å². The third kappa shape index (κ3) is 4.03. The summed E-state index contributed by atoms with van der Waals surface area (Å²) >= 11 is 0. The maximum absolute atomic E-state index is 12.2. The second-order valence-corrected chi connectivity index (χ2v) is 5.62. The fourth-order valence-electron chi connectivity index (χ4n) is 2.87. The molecule has 1 aromatic rings. The summed E-state index contributed by atoms with van der Waals surface area (Å²) in [5, 5.41) is 13.7. The smallest absolute Gasteiger partial charge is 0.379 e. The number of nitro groups is 1. The maximum atomic E-state index is 12.2. The number of ether oxygens (including phenoxy) is 1. The van der Waals surface area contributed by atoms with Crippen LogP contribution in [0, 0.1) is 17.0 Å². The van der Waals surface area contributed by atoms with Gasteiger partial charge in [0.15, 0.2) is 0 Å². The van der Waals surface area contributed by atoms with Gasteiger partial charge in [-0.25, -0.2) is 0 Å². The summed E-state index contributed by atoms with van der Waals surface area (Å²) in [5.74, 6) is 0.0323.